The van der Waals surface area contributed by atoms with Crippen molar-refractivity contribution in [2.75, 3.05) is 54.1 Å². The fraction of sp³-hybridized carbons (Fsp3) is 0.308. The van der Waals surface area contributed by atoms with Gasteiger partial charge in [-0.3, -0.25) is 9.59 Å². The van der Waals surface area contributed by atoms with Gasteiger partial charge in [0.15, 0.2) is 11.6 Å². The second kappa shape index (κ2) is 11.5. The van der Waals surface area contributed by atoms with E-state index in [2.05, 4.69) is 30.8 Å². The van der Waals surface area contributed by atoms with Crippen molar-refractivity contribution in [2.45, 2.75) is 20.3 Å². The topological polar surface area (TPSA) is 112 Å². The molecule has 37 heavy (non-hydrogen) atoms. The quantitative estimate of drug-likeness (QED) is 0.417. The Morgan fingerprint density at radius 3 is 2.51 bits per heavy atom. The second-order valence-corrected chi connectivity index (χ2v) is 8.50. The Bertz CT molecular complexity index is 1280. The molecule has 0 atom stereocenters. The lowest BCUT2D eigenvalue weighted by Gasteiger charge is -2.35. The molecule has 0 saturated carbocycles. The summed E-state index contributed by atoms with van der Waals surface area (Å²) in [6.45, 7) is 6.11. The lowest BCUT2D eigenvalue weighted by atomic mass is 10.2. The number of ether oxygens (including phenoxy) is 1. The summed E-state index contributed by atoms with van der Waals surface area (Å²) in [7, 11) is 1.55. The van der Waals surface area contributed by atoms with E-state index in [4.69, 9.17) is 4.74 Å². The Balaban J connectivity index is 1.48. The molecular weight excluding hydrogens is 477 g/mol. The first-order valence-electron chi connectivity index (χ1n) is 12.0. The van der Waals surface area contributed by atoms with Crippen LogP contribution >= 0.6 is 0 Å². The highest BCUT2D eigenvalue weighted by atomic mass is 19.1. The van der Waals surface area contributed by atoms with Crippen molar-refractivity contribution in [1.29, 1.82) is 0 Å². The summed E-state index contributed by atoms with van der Waals surface area (Å²) in [5.74, 6) is 0.0451. The zero-order valence-corrected chi connectivity index (χ0v) is 21.0. The van der Waals surface area contributed by atoms with Gasteiger partial charge in [0, 0.05) is 62.7 Å². The molecule has 1 aliphatic heterocycles. The number of rotatable bonds is 8. The maximum absolute atomic E-state index is 14.6. The molecule has 1 saturated heterocycles. The standard InChI is InChI=1S/C26H30FN7O3/c1-4-24(36)29-18-6-5-7-19(14-18)30-26-28-16-21(27)25(32-26)31-22-9-8-20(15-23(22)37-3)34-12-10-33(11-13-34)17(2)35/h5-9,14-16H,4,10-13H2,1-3H3,(H,29,36)(H2,28,30,31,32). The number of methoxy groups -OCH3 is 1. The number of nitrogens with zero attached hydrogens (tertiary/aromatic N) is 4. The molecule has 2 amide bonds. The molecule has 0 spiro atoms. The molecule has 2 heterocycles. The summed E-state index contributed by atoms with van der Waals surface area (Å²) in [4.78, 5) is 35.6. The third-order valence-corrected chi connectivity index (χ3v) is 6.00. The smallest absolute Gasteiger partial charge is 0.229 e. The Kier molecular flexibility index (Phi) is 8.02. The fourth-order valence-electron chi connectivity index (χ4n) is 3.96. The lowest BCUT2D eigenvalue weighted by Crippen LogP contribution is -2.48. The number of benzene rings is 2. The normalized spacial score (nSPS) is 13.2. The summed E-state index contributed by atoms with van der Waals surface area (Å²) in [6, 6.07) is 12.7. The van der Waals surface area contributed by atoms with E-state index in [1.165, 1.54) is 0 Å². The SMILES string of the molecule is CCC(=O)Nc1cccc(Nc2ncc(F)c(Nc3ccc(N4CCN(C(C)=O)CC4)cc3OC)n2)c1. The van der Waals surface area contributed by atoms with Gasteiger partial charge in [0.25, 0.3) is 0 Å². The van der Waals surface area contributed by atoms with Gasteiger partial charge in [-0.2, -0.15) is 4.98 Å². The van der Waals surface area contributed by atoms with Crippen LogP contribution in [0.4, 0.5) is 38.9 Å². The van der Waals surface area contributed by atoms with Crippen LogP contribution in [-0.4, -0.2) is 60.0 Å². The van der Waals surface area contributed by atoms with Crippen LogP contribution in [0.1, 0.15) is 20.3 Å². The van der Waals surface area contributed by atoms with Crippen molar-refractivity contribution in [3.05, 3.63) is 54.5 Å². The Labute approximate surface area is 214 Å². The highest BCUT2D eigenvalue weighted by Crippen LogP contribution is 2.33. The molecule has 3 N–H and O–H groups in total. The minimum absolute atomic E-state index is 0.0194. The molecular formula is C26H30FN7O3. The van der Waals surface area contributed by atoms with Gasteiger partial charge in [0.1, 0.15) is 5.75 Å². The van der Waals surface area contributed by atoms with Crippen molar-refractivity contribution in [3.63, 3.8) is 0 Å². The van der Waals surface area contributed by atoms with Crippen molar-refractivity contribution < 1.29 is 18.7 Å². The summed E-state index contributed by atoms with van der Waals surface area (Å²) in [5.41, 5.74) is 2.76. The molecule has 4 rings (SSSR count). The number of halogens is 1. The number of carbonyl (C=O) groups is 2. The third kappa shape index (κ3) is 6.43. The number of anilines is 6. The Morgan fingerprint density at radius 2 is 1.81 bits per heavy atom. The van der Waals surface area contributed by atoms with Gasteiger partial charge in [-0.15, -0.1) is 0 Å². The highest BCUT2D eigenvalue weighted by Gasteiger charge is 2.20. The van der Waals surface area contributed by atoms with Gasteiger partial charge in [-0.25, -0.2) is 9.37 Å². The van der Waals surface area contributed by atoms with Gasteiger partial charge >= 0.3 is 0 Å². The van der Waals surface area contributed by atoms with Crippen LogP contribution in [-0.2, 0) is 9.59 Å². The molecule has 11 heteroatoms. The largest absolute Gasteiger partial charge is 0.494 e. The summed E-state index contributed by atoms with van der Waals surface area (Å²) < 4.78 is 20.2. The van der Waals surface area contributed by atoms with E-state index in [9.17, 15) is 14.0 Å². The average Bonchev–Trinajstić information content (AvgIpc) is 2.91. The van der Waals surface area contributed by atoms with Gasteiger partial charge < -0.3 is 30.5 Å². The molecule has 0 aliphatic carbocycles. The fourth-order valence-corrected chi connectivity index (χ4v) is 3.96. The predicted octanol–water partition coefficient (Wildman–Crippen LogP) is 4.13. The maximum Gasteiger partial charge on any atom is 0.229 e. The molecule has 1 aliphatic rings. The van der Waals surface area contributed by atoms with Crippen molar-refractivity contribution in [2.24, 2.45) is 0 Å². The molecule has 10 nitrogen and oxygen atoms in total. The van der Waals surface area contributed by atoms with Crippen LogP contribution in [0.25, 0.3) is 0 Å². The first kappa shape index (κ1) is 25.7. The third-order valence-electron chi connectivity index (χ3n) is 6.00. The number of carbonyl (C=O) groups excluding carboxylic acids is 2. The monoisotopic (exact) mass is 507 g/mol. The summed E-state index contributed by atoms with van der Waals surface area (Å²) in [6.07, 6.45) is 1.45. The first-order chi connectivity index (χ1) is 17.9. The number of hydrogen-bond acceptors (Lipinski definition) is 8. The molecule has 3 aromatic rings. The molecule has 0 bridgehead atoms. The molecule has 1 fully saturated rings. The summed E-state index contributed by atoms with van der Waals surface area (Å²) >= 11 is 0. The zero-order valence-electron chi connectivity index (χ0n) is 21.0. The Morgan fingerprint density at radius 1 is 1.05 bits per heavy atom. The number of nitrogens with one attached hydrogen (secondary N) is 3. The van der Waals surface area contributed by atoms with E-state index < -0.39 is 5.82 Å². The zero-order chi connectivity index (χ0) is 26.4. The van der Waals surface area contributed by atoms with E-state index >= 15 is 0 Å². The van der Waals surface area contributed by atoms with Gasteiger partial charge in [0.05, 0.1) is 19.0 Å². The molecule has 1 aromatic heterocycles. The highest BCUT2D eigenvalue weighted by molar-refractivity contribution is 5.91. The van der Waals surface area contributed by atoms with Crippen LogP contribution in [0.5, 0.6) is 5.75 Å². The van der Waals surface area contributed by atoms with Crippen LogP contribution < -0.4 is 25.6 Å². The van der Waals surface area contributed by atoms with Crippen molar-refractivity contribution in [3.8, 4) is 5.75 Å². The minimum Gasteiger partial charge on any atom is -0.494 e. The minimum atomic E-state index is -0.624. The van der Waals surface area contributed by atoms with Crippen molar-refractivity contribution >= 4 is 46.3 Å². The van der Waals surface area contributed by atoms with Gasteiger partial charge in [0.2, 0.25) is 17.8 Å². The molecule has 2 aromatic carbocycles. The molecule has 0 unspecified atom stereocenters. The van der Waals surface area contributed by atoms with E-state index in [0.29, 0.717) is 55.4 Å². The van der Waals surface area contributed by atoms with Crippen molar-refractivity contribution in [1.82, 2.24) is 14.9 Å². The number of amides is 2. The van der Waals surface area contributed by atoms with E-state index in [1.807, 2.05) is 17.0 Å². The van der Waals surface area contributed by atoms with Gasteiger partial charge in [-0.05, 0) is 30.3 Å². The second-order valence-electron chi connectivity index (χ2n) is 8.50. The van der Waals surface area contributed by atoms with Crippen LogP contribution in [0.2, 0.25) is 0 Å². The van der Waals surface area contributed by atoms with Gasteiger partial charge in [-0.1, -0.05) is 13.0 Å². The predicted molar refractivity (Wildman–Crippen MR) is 141 cm³/mol. The van der Waals surface area contributed by atoms with E-state index in [1.54, 1.807) is 51.3 Å². The van der Waals surface area contributed by atoms with Crippen LogP contribution in [0, 0.1) is 5.82 Å². The maximum atomic E-state index is 14.6. The van der Waals surface area contributed by atoms with Crippen LogP contribution in [0.3, 0.4) is 0 Å². The number of aromatic nitrogens is 2. The van der Waals surface area contributed by atoms with Crippen LogP contribution in [0.15, 0.2) is 48.7 Å². The summed E-state index contributed by atoms with van der Waals surface area (Å²) in [5, 5.41) is 8.82. The Hall–Kier alpha value is -4.41. The number of hydrogen-bond donors (Lipinski definition) is 3. The number of piperazine rings is 1. The first-order valence-corrected chi connectivity index (χ1v) is 12.0. The molecule has 0 radical (unpaired) electrons. The van der Waals surface area contributed by atoms with E-state index in [0.717, 1.165) is 11.9 Å². The van der Waals surface area contributed by atoms with E-state index in [-0.39, 0.29) is 23.6 Å². The average molecular weight is 508 g/mol. The molecule has 194 valence electrons. The lowest BCUT2D eigenvalue weighted by molar-refractivity contribution is -0.129.